The van der Waals surface area contributed by atoms with Crippen LogP contribution in [0.25, 0.3) is 0 Å². The Morgan fingerprint density at radius 3 is 3.18 bits per heavy atom. The molecule has 0 unspecified atom stereocenters. The highest BCUT2D eigenvalue weighted by Gasteiger charge is 2.23. The molecule has 1 aliphatic rings. The Bertz CT molecular complexity index is 220. The first-order valence-electron chi connectivity index (χ1n) is 3.97. The van der Waals surface area contributed by atoms with E-state index in [2.05, 4.69) is 22.3 Å². The predicted octanol–water partition coefficient (Wildman–Crippen LogP) is 1.91. The number of nitrogens with zero attached hydrogens (tertiary/aromatic N) is 2. The fourth-order valence-electron chi connectivity index (χ4n) is 1.62. The van der Waals surface area contributed by atoms with Crippen molar-refractivity contribution in [2.24, 2.45) is 0 Å². The Balaban J connectivity index is 2.16. The minimum absolute atomic E-state index is 0.606. The van der Waals surface area contributed by atoms with Gasteiger partial charge in [0, 0.05) is 11.6 Å². The molecular formula is C8H12N2S. The van der Waals surface area contributed by atoms with E-state index in [9.17, 15) is 0 Å². The molecule has 60 valence electrons. The molecule has 0 saturated carbocycles. The Kier molecular flexibility index (Phi) is 1.92. The van der Waals surface area contributed by atoms with E-state index >= 15 is 0 Å². The van der Waals surface area contributed by atoms with Crippen LogP contribution in [0.3, 0.4) is 0 Å². The molecule has 0 aromatic carbocycles. The summed E-state index contributed by atoms with van der Waals surface area (Å²) in [5.41, 5.74) is 0. The van der Waals surface area contributed by atoms with Gasteiger partial charge in [-0.15, -0.1) is 11.3 Å². The maximum absolute atomic E-state index is 4.33. The zero-order valence-corrected chi connectivity index (χ0v) is 7.47. The summed E-state index contributed by atoms with van der Waals surface area (Å²) < 4.78 is 0. The number of thiazole rings is 1. The van der Waals surface area contributed by atoms with Gasteiger partial charge < -0.3 is 0 Å². The molecule has 2 rings (SSSR count). The zero-order chi connectivity index (χ0) is 7.68. The summed E-state index contributed by atoms with van der Waals surface area (Å²) in [6.45, 7) is 1.23. The third kappa shape index (κ3) is 1.30. The first-order chi connectivity index (χ1) is 5.38. The van der Waals surface area contributed by atoms with Crippen LogP contribution in [-0.2, 0) is 0 Å². The molecule has 1 aromatic heterocycles. The van der Waals surface area contributed by atoms with Gasteiger partial charge in [0.1, 0.15) is 5.01 Å². The number of aromatic nitrogens is 1. The molecule has 0 bridgehead atoms. The van der Waals surface area contributed by atoms with Crippen LogP contribution in [0.5, 0.6) is 0 Å². The summed E-state index contributed by atoms with van der Waals surface area (Å²) in [7, 11) is 2.18. The summed E-state index contributed by atoms with van der Waals surface area (Å²) in [6.07, 6.45) is 4.50. The van der Waals surface area contributed by atoms with E-state index in [1.165, 1.54) is 24.4 Å². The first kappa shape index (κ1) is 7.25. The van der Waals surface area contributed by atoms with Crippen molar-refractivity contribution in [2.45, 2.75) is 18.9 Å². The van der Waals surface area contributed by atoms with E-state index in [4.69, 9.17) is 0 Å². The van der Waals surface area contributed by atoms with Gasteiger partial charge in [0.15, 0.2) is 0 Å². The van der Waals surface area contributed by atoms with E-state index in [0.29, 0.717) is 6.04 Å². The molecule has 1 aromatic rings. The van der Waals surface area contributed by atoms with Gasteiger partial charge in [0.25, 0.3) is 0 Å². The van der Waals surface area contributed by atoms with E-state index in [1.54, 1.807) is 11.3 Å². The van der Waals surface area contributed by atoms with Crippen LogP contribution in [0.2, 0.25) is 0 Å². The van der Waals surface area contributed by atoms with Gasteiger partial charge in [-0.1, -0.05) is 0 Å². The van der Waals surface area contributed by atoms with E-state index < -0.39 is 0 Å². The van der Waals surface area contributed by atoms with Crippen molar-refractivity contribution in [3.63, 3.8) is 0 Å². The monoisotopic (exact) mass is 168 g/mol. The van der Waals surface area contributed by atoms with E-state index in [0.717, 1.165) is 0 Å². The third-order valence-electron chi connectivity index (χ3n) is 2.26. The van der Waals surface area contributed by atoms with Crippen molar-refractivity contribution in [2.75, 3.05) is 13.6 Å². The van der Waals surface area contributed by atoms with Gasteiger partial charge in [-0.25, -0.2) is 4.98 Å². The van der Waals surface area contributed by atoms with Crippen molar-refractivity contribution in [3.05, 3.63) is 16.6 Å². The minimum Gasteiger partial charge on any atom is -0.297 e. The number of likely N-dealkylation sites (tertiary alicyclic amines) is 1. The van der Waals surface area contributed by atoms with Crippen molar-refractivity contribution < 1.29 is 0 Å². The lowest BCUT2D eigenvalue weighted by Crippen LogP contribution is -2.16. The SMILES string of the molecule is CN1CCC[C@H]1c1nccs1. The molecular weight excluding hydrogens is 156 g/mol. The molecule has 2 nitrogen and oxygen atoms in total. The van der Waals surface area contributed by atoms with Gasteiger partial charge in [-0.05, 0) is 26.4 Å². The molecule has 0 amide bonds. The molecule has 0 aliphatic carbocycles. The Morgan fingerprint density at radius 2 is 2.64 bits per heavy atom. The van der Waals surface area contributed by atoms with Crippen molar-refractivity contribution >= 4 is 11.3 Å². The molecule has 0 spiro atoms. The molecule has 3 heteroatoms. The number of hydrogen-bond acceptors (Lipinski definition) is 3. The maximum Gasteiger partial charge on any atom is 0.110 e. The number of rotatable bonds is 1. The fraction of sp³-hybridized carbons (Fsp3) is 0.625. The molecule has 0 radical (unpaired) electrons. The molecule has 0 N–H and O–H groups in total. The lowest BCUT2D eigenvalue weighted by Gasteiger charge is -2.15. The lowest BCUT2D eigenvalue weighted by atomic mass is 10.2. The van der Waals surface area contributed by atoms with Gasteiger partial charge >= 0.3 is 0 Å². The Labute approximate surface area is 70.9 Å². The molecule has 1 saturated heterocycles. The molecule has 1 fully saturated rings. The molecule has 1 atom stereocenters. The normalized spacial score (nSPS) is 26.1. The average molecular weight is 168 g/mol. The summed E-state index contributed by atoms with van der Waals surface area (Å²) in [5.74, 6) is 0. The van der Waals surface area contributed by atoms with E-state index in [1.807, 2.05) is 6.20 Å². The highest BCUT2D eigenvalue weighted by atomic mass is 32.1. The van der Waals surface area contributed by atoms with Crippen LogP contribution in [-0.4, -0.2) is 23.5 Å². The predicted molar refractivity (Wildman–Crippen MR) is 46.7 cm³/mol. The van der Waals surface area contributed by atoms with Crippen LogP contribution in [0, 0.1) is 0 Å². The van der Waals surface area contributed by atoms with Crippen LogP contribution >= 0.6 is 11.3 Å². The lowest BCUT2D eigenvalue weighted by molar-refractivity contribution is 0.316. The molecule has 11 heavy (non-hydrogen) atoms. The highest BCUT2D eigenvalue weighted by molar-refractivity contribution is 7.09. The average Bonchev–Trinajstić information content (AvgIpc) is 2.55. The Hall–Kier alpha value is -0.410. The molecule has 2 heterocycles. The van der Waals surface area contributed by atoms with Crippen LogP contribution < -0.4 is 0 Å². The quantitative estimate of drug-likeness (QED) is 0.636. The zero-order valence-electron chi connectivity index (χ0n) is 6.66. The summed E-state index contributed by atoms with van der Waals surface area (Å²) >= 11 is 1.77. The van der Waals surface area contributed by atoms with E-state index in [-0.39, 0.29) is 0 Å². The van der Waals surface area contributed by atoms with Gasteiger partial charge in [-0.3, -0.25) is 4.90 Å². The van der Waals surface area contributed by atoms with Crippen molar-refractivity contribution in [1.29, 1.82) is 0 Å². The van der Waals surface area contributed by atoms with Gasteiger partial charge in [-0.2, -0.15) is 0 Å². The van der Waals surface area contributed by atoms with Crippen LogP contribution in [0.1, 0.15) is 23.9 Å². The third-order valence-corrected chi connectivity index (χ3v) is 3.13. The van der Waals surface area contributed by atoms with Crippen LogP contribution in [0.15, 0.2) is 11.6 Å². The Morgan fingerprint density at radius 1 is 1.73 bits per heavy atom. The van der Waals surface area contributed by atoms with Gasteiger partial charge in [0.05, 0.1) is 6.04 Å². The second-order valence-corrected chi connectivity index (χ2v) is 3.94. The largest absolute Gasteiger partial charge is 0.297 e. The summed E-state index contributed by atoms with van der Waals surface area (Å²) in [6, 6.07) is 0.606. The second-order valence-electron chi connectivity index (χ2n) is 3.01. The smallest absolute Gasteiger partial charge is 0.110 e. The first-order valence-corrected chi connectivity index (χ1v) is 4.85. The topological polar surface area (TPSA) is 16.1 Å². The van der Waals surface area contributed by atoms with Gasteiger partial charge in [0.2, 0.25) is 0 Å². The maximum atomic E-state index is 4.33. The summed E-state index contributed by atoms with van der Waals surface area (Å²) in [4.78, 5) is 6.71. The highest BCUT2D eigenvalue weighted by Crippen LogP contribution is 2.30. The summed E-state index contributed by atoms with van der Waals surface area (Å²) in [5, 5.41) is 3.34. The minimum atomic E-state index is 0.606. The van der Waals surface area contributed by atoms with Crippen LogP contribution in [0.4, 0.5) is 0 Å². The second kappa shape index (κ2) is 2.91. The number of hydrogen-bond donors (Lipinski definition) is 0. The molecule has 1 aliphatic heterocycles. The van der Waals surface area contributed by atoms with Crippen molar-refractivity contribution in [1.82, 2.24) is 9.88 Å². The standard InChI is InChI=1S/C8H12N2S/c1-10-5-2-3-7(10)8-9-4-6-11-8/h4,6-7H,2-3,5H2,1H3/t7-/m0/s1. The fourth-order valence-corrected chi connectivity index (χ4v) is 2.46. The van der Waals surface area contributed by atoms with Crippen molar-refractivity contribution in [3.8, 4) is 0 Å².